The first-order valence-electron chi connectivity index (χ1n) is 6.63. The van der Waals surface area contributed by atoms with Crippen LogP contribution >= 0.6 is 0 Å². The zero-order valence-corrected chi connectivity index (χ0v) is 12.5. The van der Waals surface area contributed by atoms with Crippen molar-refractivity contribution in [2.24, 2.45) is 14.1 Å². The lowest BCUT2D eigenvalue weighted by Gasteiger charge is -2.18. The summed E-state index contributed by atoms with van der Waals surface area (Å²) in [6, 6.07) is 8.25. The summed E-state index contributed by atoms with van der Waals surface area (Å²) in [6.45, 7) is 2.07. The Labute approximate surface area is 122 Å². The molecular weight excluding hydrogens is 266 g/mol. The van der Waals surface area contributed by atoms with Crippen LogP contribution in [0.25, 0.3) is 11.5 Å². The number of aryl methyl sites for hydroxylation is 2. The largest absolute Gasteiger partial charge is 0.314 e. The van der Waals surface area contributed by atoms with Crippen LogP contribution in [0.4, 0.5) is 11.6 Å². The summed E-state index contributed by atoms with van der Waals surface area (Å²) < 4.78 is 3.56. The molecule has 0 radical (unpaired) electrons. The number of hydrogen-bond donors (Lipinski definition) is 0. The Morgan fingerprint density at radius 2 is 1.90 bits per heavy atom. The third-order valence-corrected chi connectivity index (χ3v) is 3.37. The smallest absolute Gasteiger partial charge is 0.231 e. The van der Waals surface area contributed by atoms with Gasteiger partial charge in [0.2, 0.25) is 5.95 Å². The van der Waals surface area contributed by atoms with Gasteiger partial charge in [-0.2, -0.15) is 0 Å². The third kappa shape index (κ3) is 2.37. The van der Waals surface area contributed by atoms with E-state index in [0.29, 0.717) is 11.5 Å². The maximum absolute atomic E-state index is 4.27. The lowest BCUT2D eigenvalue weighted by Crippen LogP contribution is -2.14. The van der Waals surface area contributed by atoms with Gasteiger partial charge in [-0.1, -0.05) is 17.3 Å². The fourth-order valence-corrected chi connectivity index (χ4v) is 2.24. The zero-order chi connectivity index (χ0) is 15.0. The quantitative estimate of drug-likeness (QED) is 0.732. The van der Waals surface area contributed by atoms with Crippen molar-refractivity contribution in [3.8, 4) is 11.5 Å². The molecule has 7 heteroatoms. The van der Waals surface area contributed by atoms with Gasteiger partial charge in [0, 0.05) is 26.8 Å². The van der Waals surface area contributed by atoms with Gasteiger partial charge in [0.1, 0.15) is 0 Å². The molecule has 1 aromatic carbocycles. The number of aromatic nitrogens is 6. The minimum Gasteiger partial charge on any atom is -0.314 e. The van der Waals surface area contributed by atoms with Crippen LogP contribution in [0.15, 0.2) is 30.5 Å². The minimum atomic E-state index is 0.692. The van der Waals surface area contributed by atoms with Crippen molar-refractivity contribution in [3.63, 3.8) is 0 Å². The number of rotatable bonds is 3. The van der Waals surface area contributed by atoms with Crippen LogP contribution in [0, 0.1) is 6.92 Å². The molecule has 0 aliphatic heterocycles. The molecule has 0 amide bonds. The van der Waals surface area contributed by atoms with Gasteiger partial charge < -0.3 is 4.90 Å². The Morgan fingerprint density at radius 3 is 2.57 bits per heavy atom. The van der Waals surface area contributed by atoms with Gasteiger partial charge in [-0.15, -0.1) is 15.3 Å². The molecule has 21 heavy (non-hydrogen) atoms. The monoisotopic (exact) mass is 283 g/mol. The Bertz CT molecular complexity index is 771. The Kier molecular flexibility index (Phi) is 3.17. The van der Waals surface area contributed by atoms with E-state index in [1.807, 2.05) is 48.9 Å². The summed E-state index contributed by atoms with van der Waals surface area (Å²) in [4.78, 5) is 2.00. The lowest BCUT2D eigenvalue weighted by atomic mass is 10.2. The van der Waals surface area contributed by atoms with Gasteiger partial charge >= 0.3 is 0 Å². The van der Waals surface area contributed by atoms with Crippen molar-refractivity contribution in [3.05, 3.63) is 36.0 Å². The van der Waals surface area contributed by atoms with E-state index in [1.54, 1.807) is 4.68 Å². The number of nitrogens with zero attached hydrogens (tertiary/aromatic N) is 7. The fraction of sp³-hybridized carbons (Fsp3) is 0.286. The third-order valence-electron chi connectivity index (χ3n) is 3.37. The molecule has 0 bridgehead atoms. The minimum absolute atomic E-state index is 0.692. The van der Waals surface area contributed by atoms with Crippen molar-refractivity contribution < 1.29 is 0 Å². The molecule has 7 nitrogen and oxygen atoms in total. The second kappa shape index (κ2) is 5.01. The van der Waals surface area contributed by atoms with E-state index in [9.17, 15) is 0 Å². The van der Waals surface area contributed by atoms with Crippen LogP contribution in [0.2, 0.25) is 0 Å². The van der Waals surface area contributed by atoms with E-state index in [4.69, 9.17) is 0 Å². The summed E-state index contributed by atoms with van der Waals surface area (Å²) in [5.74, 6) is 1.44. The number of benzene rings is 1. The molecule has 0 saturated heterocycles. The van der Waals surface area contributed by atoms with Crippen molar-refractivity contribution in [1.82, 2.24) is 29.8 Å². The van der Waals surface area contributed by atoms with Gasteiger partial charge in [0.25, 0.3) is 0 Å². The molecule has 3 rings (SSSR count). The van der Waals surface area contributed by atoms with Gasteiger partial charge in [0.05, 0.1) is 6.20 Å². The van der Waals surface area contributed by atoms with Crippen molar-refractivity contribution >= 4 is 11.6 Å². The fourth-order valence-electron chi connectivity index (χ4n) is 2.24. The van der Waals surface area contributed by atoms with Crippen molar-refractivity contribution in [2.45, 2.75) is 6.92 Å². The van der Waals surface area contributed by atoms with E-state index in [1.165, 1.54) is 5.56 Å². The predicted octanol–water partition coefficient (Wildman–Crippen LogP) is 1.69. The summed E-state index contributed by atoms with van der Waals surface area (Å²) in [6.07, 6.45) is 1.82. The molecule has 0 saturated carbocycles. The van der Waals surface area contributed by atoms with Gasteiger partial charge in [0.15, 0.2) is 11.5 Å². The number of hydrogen-bond acceptors (Lipinski definition) is 5. The van der Waals surface area contributed by atoms with Crippen molar-refractivity contribution in [1.29, 1.82) is 0 Å². The molecule has 0 N–H and O–H groups in total. The average molecular weight is 283 g/mol. The normalized spacial score (nSPS) is 10.9. The molecule has 0 atom stereocenters. The lowest BCUT2D eigenvalue weighted by molar-refractivity contribution is 0.715. The highest BCUT2D eigenvalue weighted by Gasteiger charge is 2.17. The first-order chi connectivity index (χ1) is 10.1. The standard InChI is InChI=1S/C14H17N7/c1-10-6-5-7-11(8-10)20(3)14-17-16-13(21(14)4)12-9-19(2)18-15-12/h5-9H,1-4H3. The van der Waals surface area contributed by atoms with E-state index < -0.39 is 0 Å². The predicted molar refractivity (Wildman–Crippen MR) is 80.2 cm³/mol. The molecule has 108 valence electrons. The highest BCUT2D eigenvalue weighted by atomic mass is 15.4. The summed E-state index contributed by atoms with van der Waals surface area (Å²) in [5.41, 5.74) is 2.98. The van der Waals surface area contributed by atoms with E-state index >= 15 is 0 Å². The zero-order valence-electron chi connectivity index (χ0n) is 12.5. The summed E-state index contributed by atoms with van der Waals surface area (Å²) in [7, 11) is 5.72. The SMILES string of the molecule is Cc1cccc(N(C)c2nnc(-c3cn(C)nn3)n2C)c1. The molecule has 2 heterocycles. The summed E-state index contributed by atoms with van der Waals surface area (Å²) in [5, 5.41) is 16.5. The second-order valence-corrected chi connectivity index (χ2v) is 5.06. The van der Waals surface area contributed by atoms with Gasteiger partial charge in [-0.05, 0) is 24.6 Å². The number of anilines is 2. The van der Waals surface area contributed by atoms with Crippen LogP contribution in [-0.4, -0.2) is 36.8 Å². The highest BCUT2D eigenvalue weighted by Crippen LogP contribution is 2.25. The Balaban J connectivity index is 1.98. The molecule has 0 fully saturated rings. The molecule has 3 aromatic rings. The van der Waals surface area contributed by atoms with Crippen LogP contribution in [-0.2, 0) is 14.1 Å². The second-order valence-electron chi connectivity index (χ2n) is 5.06. The molecule has 2 aromatic heterocycles. The Morgan fingerprint density at radius 1 is 1.10 bits per heavy atom. The molecular formula is C14H17N7. The van der Waals surface area contributed by atoms with Crippen LogP contribution in [0.5, 0.6) is 0 Å². The van der Waals surface area contributed by atoms with Gasteiger partial charge in [-0.3, -0.25) is 9.25 Å². The Hall–Kier alpha value is -2.70. The molecule has 0 spiro atoms. The molecule has 0 unspecified atom stereocenters. The topological polar surface area (TPSA) is 64.7 Å². The van der Waals surface area contributed by atoms with E-state index in [0.717, 1.165) is 11.6 Å². The van der Waals surface area contributed by atoms with E-state index in [2.05, 4.69) is 39.6 Å². The molecule has 0 aliphatic carbocycles. The maximum Gasteiger partial charge on any atom is 0.231 e. The summed E-state index contributed by atoms with van der Waals surface area (Å²) >= 11 is 0. The van der Waals surface area contributed by atoms with Gasteiger partial charge in [-0.25, -0.2) is 0 Å². The maximum atomic E-state index is 4.27. The van der Waals surface area contributed by atoms with Crippen molar-refractivity contribution in [2.75, 3.05) is 11.9 Å². The van der Waals surface area contributed by atoms with Crippen LogP contribution in [0.3, 0.4) is 0 Å². The highest BCUT2D eigenvalue weighted by molar-refractivity contribution is 5.60. The van der Waals surface area contributed by atoms with E-state index in [-0.39, 0.29) is 0 Å². The average Bonchev–Trinajstić information content (AvgIpc) is 3.04. The van der Waals surface area contributed by atoms with Crippen LogP contribution in [0.1, 0.15) is 5.56 Å². The first kappa shape index (κ1) is 13.3. The first-order valence-corrected chi connectivity index (χ1v) is 6.63. The van der Waals surface area contributed by atoms with Crippen LogP contribution < -0.4 is 4.90 Å². The molecule has 0 aliphatic rings.